The Labute approximate surface area is 128 Å². The molecule has 2 heteroatoms. The van der Waals surface area contributed by atoms with Crippen LogP contribution in [-0.4, -0.2) is 17.3 Å². The predicted octanol–water partition coefficient (Wildman–Crippen LogP) is 4.49. The summed E-state index contributed by atoms with van der Waals surface area (Å²) in [5, 5.41) is 0. The minimum Gasteiger partial charge on any atom is -0.370 e. The van der Waals surface area contributed by atoms with Crippen LogP contribution >= 0.6 is 0 Å². The van der Waals surface area contributed by atoms with E-state index >= 15 is 0 Å². The second kappa shape index (κ2) is 5.10. The van der Waals surface area contributed by atoms with E-state index in [-0.39, 0.29) is 17.3 Å². The van der Waals surface area contributed by atoms with E-state index < -0.39 is 0 Å². The molecule has 3 rings (SSSR count). The van der Waals surface area contributed by atoms with Gasteiger partial charge in [-0.25, -0.2) is 0 Å². The summed E-state index contributed by atoms with van der Waals surface area (Å²) >= 11 is 0. The molecule has 0 aromatic heterocycles. The molecule has 2 aliphatic heterocycles. The third-order valence-electron chi connectivity index (χ3n) is 5.92. The maximum absolute atomic E-state index is 6.53. The average molecular weight is 288 g/mol. The van der Waals surface area contributed by atoms with E-state index in [9.17, 15) is 0 Å². The number of hydrogen-bond acceptors (Lipinski definition) is 2. The van der Waals surface area contributed by atoms with Crippen molar-refractivity contribution in [1.82, 2.24) is 0 Å². The third-order valence-corrected chi connectivity index (χ3v) is 5.92. The van der Waals surface area contributed by atoms with Crippen molar-refractivity contribution in [3.63, 3.8) is 0 Å². The van der Waals surface area contributed by atoms with E-state index in [0.717, 1.165) is 6.42 Å². The molecule has 4 atom stereocenters. The zero-order valence-corrected chi connectivity index (χ0v) is 14.0. The molecule has 21 heavy (non-hydrogen) atoms. The van der Waals surface area contributed by atoms with Gasteiger partial charge in [0, 0.05) is 5.92 Å². The number of rotatable bonds is 4. The number of fused-ring (bicyclic) bond motifs is 2. The van der Waals surface area contributed by atoms with Crippen molar-refractivity contribution in [1.29, 1.82) is 0 Å². The molecule has 0 unspecified atom stereocenters. The van der Waals surface area contributed by atoms with Crippen molar-refractivity contribution in [2.45, 2.75) is 71.4 Å². The first-order valence-corrected chi connectivity index (χ1v) is 8.25. The van der Waals surface area contributed by atoms with Crippen LogP contribution in [0, 0.1) is 18.8 Å². The Balaban J connectivity index is 1.76. The smallest absolute Gasteiger partial charge is 0.0927 e. The lowest BCUT2D eigenvalue weighted by Gasteiger charge is -2.38. The van der Waals surface area contributed by atoms with Gasteiger partial charge in [0.2, 0.25) is 0 Å². The molecule has 1 aromatic carbocycles. The fourth-order valence-electron chi connectivity index (χ4n) is 4.49. The van der Waals surface area contributed by atoms with E-state index in [4.69, 9.17) is 9.47 Å². The summed E-state index contributed by atoms with van der Waals surface area (Å²) in [6.45, 7) is 12.0. The molecule has 1 aromatic rings. The summed E-state index contributed by atoms with van der Waals surface area (Å²) in [4.78, 5) is 0. The maximum Gasteiger partial charge on any atom is 0.0927 e. The molecule has 2 saturated heterocycles. The maximum atomic E-state index is 6.53. The van der Waals surface area contributed by atoms with E-state index in [1.165, 1.54) is 17.5 Å². The van der Waals surface area contributed by atoms with E-state index in [1.54, 1.807) is 0 Å². The van der Waals surface area contributed by atoms with Crippen molar-refractivity contribution in [2.75, 3.05) is 0 Å². The van der Waals surface area contributed by atoms with Crippen molar-refractivity contribution in [2.24, 2.45) is 11.8 Å². The molecule has 2 fully saturated rings. The molecule has 0 saturated carbocycles. The minimum atomic E-state index is -0.105. The van der Waals surface area contributed by atoms with Crippen molar-refractivity contribution >= 4 is 0 Å². The van der Waals surface area contributed by atoms with Gasteiger partial charge in [-0.3, -0.25) is 0 Å². The van der Waals surface area contributed by atoms with Gasteiger partial charge in [0.05, 0.1) is 23.9 Å². The Hall–Kier alpha value is -0.860. The number of hydrogen-bond donors (Lipinski definition) is 0. The van der Waals surface area contributed by atoms with Crippen LogP contribution in [0.2, 0.25) is 0 Å². The Morgan fingerprint density at radius 2 is 2.00 bits per heavy atom. The molecular formula is C19H28O2. The minimum absolute atomic E-state index is 0.0190. The first-order chi connectivity index (χ1) is 9.89. The van der Waals surface area contributed by atoms with Gasteiger partial charge in [-0.05, 0) is 43.7 Å². The first kappa shape index (κ1) is 15.1. The van der Waals surface area contributed by atoms with Crippen molar-refractivity contribution in [3.05, 3.63) is 35.4 Å². The highest BCUT2D eigenvalue weighted by atomic mass is 16.6. The molecule has 0 aliphatic carbocycles. The lowest BCUT2D eigenvalue weighted by molar-refractivity contribution is -0.0961. The van der Waals surface area contributed by atoms with Crippen molar-refractivity contribution < 1.29 is 9.47 Å². The van der Waals surface area contributed by atoms with Crippen molar-refractivity contribution in [3.8, 4) is 0 Å². The Kier molecular flexibility index (Phi) is 3.66. The molecule has 0 amide bonds. The van der Waals surface area contributed by atoms with Gasteiger partial charge in [-0.2, -0.15) is 0 Å². The van der Waals surface area contributed by atoms with Gasteiger partial charge in [-0.15, -0.1) is 0 Å². The molecule has 2 heterocycles. The van der Waals surface area contributed by atoms with E-state index in [2.05, 4.69) is 58.9 Å². The van der Waals surface area contributed by atoms with Gasteiger partial charge >= 0.3 is 0 Å². The van der Waals surface area contributed by atoms with Crippen LogP contribution < -0.4 is 0 Å². The largest absolute Gasteiger partial charge is 0.370 e. The van der Waals surface area contributed by atoms with Crippen LogP contribution in [0.15, 0.2) is 24.3 Å². The van der Waals surface area contributed by atoms with Crippen LogP contribution in [-0.2, 0) is 16.1 Å². The van der Waals surface area contributed by atoms with Crippen LogP contribution in [0.3, 0.4) is 0 Å². The third kappa shape index (κ3) is 2.24. The van der Waals surface area contributed by atoms with Crippen LogP contribution in [0.4, 0.5) is 0 Å². The van der Waals surface area contributed by atoms with Crippen LogP contribution in [0.25, 0.3) is 0 Å². The second-order valence-electron chi connectivity index (χ2n) is 7.47. The zero-order valence-electron chi connectivity index (χ0n) is 14.0. The molecule has 0 N–H and O–H groups in total. The summed E-state index contributed by atoms with van der Waals surface area (Å²) < 4.78 is 12.9. The Morgan fingerprint density at radius 3 is 2.62 bits per heavy atom. The monoisotopic (exact) mass is 288 g/mol. The number of aryl methyl sites for hydroxylation is 1. The fourth-order valence-corrected chi connectivity index (χ4v) is 4.49. The van der Waals surface area contributed by atoms with Gasteiger partial charge in [-0.1, -0.05) is 45.0 Å². The Morgan fingerprint density at radius 1 is 1.29 bits per heavy atom. The topological polar surface area (TPSA) is 18.5 Å². The average Bonchev–Trinajstić information content (AvgIpc) is 2.90. The quantitative estimate of drug-likeness (QED) is 0.812. The first-order valence-electron chi connectivity index (χ1n) is 8.25. The fraction of sp³-hybridized carbons (Fsp3) is 0.684. The highest BCUT2D eigenvalue weighted by Crippen LogP contribution is 2.58. The Bertz CT molecular complexity index is 524. The SMILES string of the molecule is Cc1ccccc1CO[C@@H]1[C@H](C)[C@@]2(C(C)C)CC[C@]1(C)O2. The highest BCUT2D eigenvalue weighted by molar-refractivity contribution is 5.25. The van der Waals surface area contributed by atoms with Gasteiger partial charge in [0.25, 0.3) is 0 Å². The second-order valence-corrected chi connectivity index (χ2v) is 7.47. The van der Waals surface area contributed by atoms with Gasteiger partial charge in [0.15, 0.2) is 0 Å². The summed E-state index contributed by atoms with van der Waals surface area (Å²) in [7, 11) is 0. The molecular weight excluding hydrogens is 260 g/mol. The summed E-state index contributed by atoms with van der Waals surface area (Å²) in [5.41, 5.74) is 2.50. The highest BCUT2D eigenvalue weighted by Gasteiger charge is 2.65. The molecule has 116 valence electrons. The molecule has 2 nitrogen and oxygen atoms in total. The molecule has 2 bridgehead atoms. The molecule has 0 spiro atoms. The lowest BCUT2D eigenvalue weighted by Crippen LogP contribution is -2.46. The van der Waals surface area contributed by atoms with Gasteiger partial charge in [0.1, 0.15) is 0 Å². The normalized spacial score (nSPS) is 38.4. The zero-order chi connectivity index (χ0) is 15.3. The molecule has 2 aliphatic rings. The van der Waals surface area contributed by atoms with Crippen LogP contribution in [0.1, 0.15) is 51.7 Å². The van der Waals surface area contributed by atoms with Gasteiger partial charge < -0.3 is 9.47 Å². The van der Waals surface area contributed by atoms with E-state index in [0.29, 0.717) is 18.4 Å². The summed E-state index contributed by atoms with van der Waals surface area (Å²) in [5.74, 6) is 1.00. The number of ether oxygens (including phenoxy) is 2. The van der Waals surface area contributed by atoms with Crippen LogP contribution in [0.5, 0.6) is 0 Å². The predicted molar refractivity (Wildman–Crippen MR) is 85.2 cm³/mol. The summed E-state index contributed by atoms with van der Waals surface area (Å²) in [6.07, 6.45) is 2.49. The van der Waals surface area contributed by atoms with E-state index in [1.807, 2.05) is 0 Å². The molecule has 0 radical (unpaired) electrons. The summed E-state index contributed by atoms with van der Waals surface area (Å²) in [6, 6.07) is 8.48. The number of benzene rings is 1. The standard InChI is InChI=1S/C19H28O2/c1-13(2)19-11-10-18(5,21-19)17(15(19)4)20-12-16-9-7-6-8-14(16)3/h6-9,13,15,17H,10-12H2,1-5H3/t15-,17+,18-,19-/m0/s1. The lowest BCUT2D eigenvalue weighted by atomic mass is 9.69.